The molecule has 0 bridgehead atoms. The van der Waals surface area contributed by atoms with Crippen LogP contribution in [0.4, 0.5) is 5.69 Å². The molecule has 1 atom stereocenters. The Labute approximate surface area is 128 Å². The molecule has 0 aliphatic carbocycles. The van der Waals surface area contributed by atoms with E-state index in [9.17, 15) is 4.79 Å². The monoisotopic (exact) mass is 288 g/mol. The maximum Gasteiger partial charge on any atom is 0.227 e. The summed E-state index contributed by atoms with van der Waals surface area (Å²) in [6.07, 6.45) is 3.79. The molecular formula is C18H28N2O. The van der Waals surface area contributed by atoms with Crippen molar-refractivity contribution in [3.8, 4) is 0 Å². The number of amides is 1. The summed E-state index contributed by atoms with van der Waals surface area (Å²) in [5, 5.41) is 3.66. The summed E-state index contributed by atoms with van der Waals surface area (Å²) in [4.78, 5) is 13.6. The van der Waals surface area contributed by atoms with Crippen molar-refractivity contribution in [1.82, 2.24) is 5.32 Å². The molecule has 2 rings (SSSR count). The van der Waals surface area contributed by atoms with Gasteiger partial charge in [0.15, 0.2) is 0 Å². The molecular weight excluding hydrogens is 260 g/mol. The van der Waals surface area contributed by atoms with E-state index in [1.807, 2.05) is 7.05 Å². The number of rotatable bonds is 6. The lowest BCUT2D eigenvalue weighted by molar-refractivity contribution is -0.118. The van der Waals surface area contributed by atoms with Gasteiger partial charge in [-0.25, -0.2) is 0 Å². The van der Waals surface area contributed by atoms with E-state index in [-0.39, 0.29) is 5.91 Å². The summed E-state index contributed by atoms with van der Waals surface area (Å²) in [5.41, 5.74) is 3.74. The molecule has 0 saturated carbocycles. The number of hydrogen-bond donors (Lipinski definition) is 1. The number of aryl methyl sites for hydroxylation is 1. The zero-order valence-electron chi connectivity index (χ0n) is 13.8. The molecule has 21 heavy (non-hydrogen) atoms. The average Bonchev–Trinajstić information content (AvgIpc) is 2.46. The van der Waals surface area contributed by atoms with Crippen LogP contribution < -0.4 is 10.2 Å². The highest BCUT2D eigenvalue weighted by atomic mass is 16.2. The number of benzene rings is 1. The topological polar surface area (TPSA) is 32.3 Å². The third kappa shape index (κ3) is 3.85. The van der Waals surface area contributed by atoms with Gasteiger partial charge in [-0.2, -0.15) is 0 Å². The summed E-state index contributed by atoms with van der Waals surface area (Å²) < 4.78 is 0. The van der Waals surface area contributed by atoms with Crippen LogP contribution in [0, 0.1) is 5.92 Å². The fraction of sp³-hybridized carbons (Fsp3) is 0.611. The molecule has 0 fully saturated rings. The molecule has 0 spiro atoms. The maximum atomic E-state index is 11.8. The van der Waals surface area contributed by atoms with Crippen molar-refractivity contribution in [3.63, 3.8) is 0 Å². The van der Waals surface area contributed by atoms with Gasteiger partial charge < -0.3 is 10.2 Å². The van der Waals surface area contributed by atoms with Gasteiger partial charge in [-0.3, -0.25) is 4.79 Å². The number of hydrogen-bond acceptors (Lipinski definition) is 2. The van der Waals surface area contributed by atoms with Crippen molar-refractivity contribution in [2.24, 2.45) is 5.92 Å². The molecule has 1 aliphatic heterocycles. The van der Waals surface area contributed by atoms with E-state index in [1.165, 1.54) is 11.1 Å². The lowest BCUT2D eigenvalue weighted by atomic mass is 9.92. The SMILES string of the molecule is CCCNC(CC(C)C)c1ccc2c(c1)CCC(=O)N2C. The first kappa shape index (κ1) is 16.0. The van der Waals surface area contributed by atoms with E-state index in [2.05, 4.69) is 44.3 Å². The molecule has 116 valence electrons. The second kappa shape index (κ2) is 7.08. The van der Waals surface area contributed by atoms with Crippen LogP contribution in [-0.2, 0) is 11.2 Å². The molecule has 3 heteroatoms. The van der Waals surface area contributed by atoms with Crippen LogP contribution >= 0.6 is 0 Å². The molecule has 1 aliphatic rings. The summed E-state index contributed by atoms with van der Waals surface area (Å²) in [5.74, 6) is 0.887. The third-order valence-corrected chi connectivity index (χ3v) is 4.20. The maximum absolute atomic E-state index is 11.8. The van der Waals surface area contributed by atoms with Crippen LogP contribution in [0.2, 0.25) is 0 Å². The predicted octanol–water partition coefficient (Wildman–Crippen LogP) is 3.68. The second-order valence-electron chi connectivity index (χ2n) is 6.48. The van der Waals surface area contributed by atoms with Gasteiger partial charge in [-0.1, -0.05) is 32.9 Å². The quantitative estimate of drug-likeness (QED) is 0.866. The van der Waals surface area contributed by atoms with Gasteiger partial charge in [-0.15, -0.1) is 0 Å². The molecule has 1 unspecified atom stereocenters. The molecule has 0 radical (unpaired) electrons. The number of anilines is 1. The van der Waals surface area contributed by atoms with Crippen LogP contribution in [0.1, 0.15) is 57.2 Å². The first-order valence-electron chi connectivity index (χ1n) is 8.15. The van der Waals surface area contributed by atoms with Crippen LogP contribution in [0.5, 0.6) is 0 Å². The largest absolute Gasteiger partial charge is 0.315 e. The highest BCUT2D eigenvalue weighted by molar-refractivity contribution is 5.95. The Morgan fingerprint density at radius 3 is 2.71 bits per heavy atom. The van der Waals surface area contributed by atoms with Gasteiger partial charge in [0, 0.05) is 25.2 Å². The van der Waals surface area contributed by atoms with E-state index in [0.29, 0.717) is 18.4 Å². The second-order valence-corrected chi connectivity index (χ2v) is 6.48. The lowest BCUT2D eigenvalue weighted by Crippen LogP contribution is -2.31. The first-order valence-corrected chi connectivity index (χ1v) is 8.15. The third-order valence-electron chi connectivity index (χ3n) is 4.20. The summed E-state index contributed by atoms with van der Waals surface area (Å²) in [7, 11) is 1.88. The Balaban J connectivity index is 2.23. The van der Waals surface area contributed by atoms with Gasteiger partial charge in [0.2, 0.25) is 5.91 Å². The Hall–Kier alpha value is -1.35. The standard InChI is InChI=1S/C18H28N2O/c1-5-10-19-16(11-13(2)3)14-6-8-17-15(12-14)7-9-18(21)20(17)4/h6,8,12-13,16,19H,5,7,9-11H2,1-4H3. The van der Waals surface area contributed by atoms with Crippen molar-refractivity contribution in [2.45, 2.75) is 52.5 Å². The van der Waals surface area contributed by atoms with Crippen LogP contribution in [0.3, 0.4) is 0 Å². The highest BCUT2D eigenvalue weighted by Crippen LogP contribution is 2.31. The van der Waals surface area contributed by atoms with E-state index in [4.69, 9.17) is 0 Å². The van der Waals surface area contributed by atoms with Crippen LogP contribution in [-0.4, -0.2) is 19.5 Å². The van der Waals surface area contributed by atoms with Crippen molar-refractivity contribution in [1.29, 1.82) is 0 Å². The average molecular weight is 288 g/mol. The van der Waals surface area contributed by atoms with Crippen molar-refractivity contribution in [2.75, 3.05) is 18.5 Å². The fourth-order valence-corrected chi connectivity index (χ4v) is 3.02. The smallest absolute Gasteiger partial charge is 0.227 e. The van der Waals surface area contributed by atoms with Crippen molar-refractivity contribution in [3.05, 3.63) is 29.3 Å². The van der Waals surface area contributed by atoms with Crippen molar-refractivity contribution < 1.29 is 4.79 Å². The van der Waals surface area contributed by atoms with Crippen LogP contribution in [0.15, 0.2) is 18.2 Å². The van der Waals surface area contributed by atoms with Crippen molar-refractivity contribution >= 4 is 11.6 Å². The van der Waals surface area contributed by atoms with Gasteiger partial charge in [-0.05, 0) is 48.9 Å². The molecule has 1 aromatic carbocycles. The number of carbonyl (C=O) groups is 1. The van der Waals surface area contributed by atoms with Gasteiger partial charge in [0.05, 0.1) is 0 Å². The molecule has 1 heterocycles. The number of nitrogens with one attached hydrogen (secondary N) is 1. The normalized spacial score (nSPS) is 16.2. The molecule has 0 saturated heterocycles. The molecule has 1 amide bonds. The van der Waals surface area contributed by atoms with Gasteiger partial charge >= 0.3 is 0 Å². The van der Waals surface area contributed by atoms with Crippen LogP contribution in [0.25, 0.3) is 0 Å². The molecule has 1 N–H and O–H groups in total. The Morgan fingerprint density at radius 2 is 2.05 bits per heavy atom. The summed E-state index contributed by atoms with van der Waals surface area (Å²) in [6, 6.07) is 7.01. The zero-order valence-corrected chi connectivity index (χ0v) is 13.8. The molecule has 3 nitrogen and oxygen atoms in total. The Kier molecular flexibility index (Phi) is 5.40. The molecule has 1 aromatic rings. The lowest BCUT2D eigenvalue weighted by Gasteiger charge is -2.28. The predicted molar refractivity (Wildman–Crippen MR) is 88.7 cm³/mol. The Morgan fingerprint density at radius 1 is 1.29 bits per heavy atom. The van der Waals surface area contributed by atoms with Gasteiger partial charge in [0.25, 0.3) is 0 Å². The highest BCUT2D eigenvalue weighted by Gasteiger charge is 2.22. The van der Waals surface area contributed by atoms with E-state index >= 15 is 0 Å². The van der Waals surface area contributed by atoms with E-state index in [0.717, 1.165) is 31.5 Å². The van der Waals surface area contributed by atoms with E-state index in [1.54, 1.807) is 4.90 Å². The minimum absolute atomic E-state index is 0.220. The summed E-state index contributed by atoms with van der Waals surface area (Å²) in [6.45, 7) is 7.79. The number of carbonyl (C=O) groups excluding carboxylic acids is 1. The van der Waals surface area contributed by atoms with Gasteiger partial charge in [0.1, 0.15) is 0 Å². The minimum atomic E-state index is 0.220. The minimum Gasteiger partial charge on any atom is -0.315 e. The first-order chi connectivity index (χ1) is 10.0. The number of nitrogens with zero attached hydrogens (tertiary/aromatic N) is 1. The Bertz CT molecular complexity index is 496. The number of fused-ring (bicyclic) bond motifs is 1. The fourth-order valence-electron chi connectivity index (χ4n) is 3.02. The molecule has 0 aromatic heterocycles. The van der Waals surface area contributed by atoms with E-state index < -0.39 is 0 Å². The zero-order chi connectivity index (χ0) is 15.4. The summed E-state index contributed by atoms with van der Waals surface area (Å²) >= 11 is 0.